The summed E-state index contributed by atoms with van der Waals surface area (Å²) in [5.41, 5.74) is 4.63. The van der Waals surface area contributed by atoms with Crippen LogP contribution in [0.2, 0.25) is 0 Å². The number of aromatic nitrogens is 2. The fraction of sp³-hybridized carbons (Fsp3) is 0.623. The Hall–Kier alpha value is -5.61. The number of benzene rings is 1. The number of cyclic esters (lactones) is 1. The van der Waals surface area contributed by atoms with Crippen molar-refractivity contribution in [1.82, 2.24) is 44.9 Å². The number of likely N-dealkylation sites (tertiary alicyclic amines) is 1. The Balaban J connectivity index is 1.11. The first-order valence-corrected chi connectivity index (χ1v) is 25.7. The summed E-state index contributed by atoms with van der Waals surface area (Å²) in [6.07, 6.45) is -1.31. The summed E-state index contributed by atoms with van der Waals surface area (Å²) in [5, 5.41) is 4.97. The van der Waals surface area contributed by atoms with E-state index in [-0.39, 0.29) is 57.1 Å². The molecule has 1 spiro atoms. The monoisotopic (exact) mass is 1040 g/mol. The lowest BCUT2D eigenvalue weighted by atomic mass is 9.84. The molecule has 1 aromatic carbocycles. The van der Waals surface area contributed by atoms with E-state index in [2.05, 4.69) is 22.3 Å². The van der Waals surface area contributed by atoms with Crippen molar-refractivity contribution in [3.63, 3.8) is 0 Å². The van der Waals surface area contributed by atoms with Crippen molar-refractivity contribution < 1.29 is 56.1 Å². The Bertz CT molecular complexity index is 2600. The predicted octanol–water partition coefficient (Wildman–Crippen LogP) is 5.75. The van der Waals surface area contributed by atoms with E-state index in [1.807, 2.05) is 45.6 Å². The van der Waals surface area contributed by atoms with Crippen LogP contribution in [-0.4, -0.2) is 173 Å². The molecule has 3 aromatic rings. The summed E-state index contributed by atoms with van der Waals surface area (Å²) in [7, 11) is 3.10. The number of urea groups is 1. The van der Waals surface area contributed by atoms with Gasteiger partial charge in [0.25, 0.3) is 5.91 Å². The van der Waals surface area contributed by atoms with Crippen LogP contribution < -0.4 is 10.7 Å². The number of nitrogens with zero attached hydrogens (tertiary/aromatic N) is 7. The average Bonchev–Trinajstić information content (AvgIpc) is 3.85. The molecule has 6 bridgehead atoms. The lowest BCUT2D eigenvalue weighted by molar-refractivity contribution is -0.156. The maximum absolute atomic E-state index is 14.8. The number of likely N-dealkylation sites (N-methyl/N-ethyl adjacent to an activating group) is 1. The number of fused-ring (bicyclic) bond motifs is 6. The van der Waals surface area contributed by atoms with E-state index in [0.29, 0.717) is 90.8 Å². The van der Waals surface area contributed by atoms with Crippen molar-refractivity contribution in [2.24, 2.45) is 11.3 Å². The average molecular weight is 1040 g/mol. The molecule has 0 aliphatic carbocycles. The second-order valence-corrected chi connectivity index (χ2v) is 21.7. The third-order valence-corrected chi connectivity index (χ3v) is 15.3. The number of morpholine rings is 1. The lowest BCUT2D eigenvalue weighted by Crippen LogP contribution is -2.64. The van der Waals surface area contributed by atoms with E-state index in [1.54, 1.807) is 54.2 Å². The maximum atomic E-state index is 14.8. The van der Waals surface area contributed by atoms with Crippen LogP contribution in [0.25, 0.3) is 22.2 Å². The minimum absolute atomic E-state index is 0.0352. The first-order chi connectivity index (χ1) is 35.0. The van der Waals surface area contributed by atoms with Crippen LogP contribution >= 0.6 is 0 Å². The number of halogens is 3. The summed E-state index contributed by atoms with van der Waals surface area (Å²) in [4.78, 5) is 81.6. The van der Waals surface area contributed by atoms with Crippen molar-refractivity contribution in [3.8, 4) is 11.3 Å². The highest BCUT2D eigenvalue weighted by molar-refractivity contribution is 5.94. The van der Waals surface area contributed by atoms with Gasteiger partial charge in [-0.15, -0.1) is 0 Å². The second-order valence-electron chi connectivity index (χ2n) is 21.7. The number of hydrogen-bond donors (Lipinski definition) is 2. The van der Waals surface area contributed by atoms with Crippen molar-refractivity contribution in [1.29, 1.82) is 0 Å². The van der Waals surface area contributed by atoms with Crippen LogP contribution in [0.3, 0.4) is 0 Å². The van der Waals surface area contributed by atoms with E-state index in [0.717, 1.165) is 0 Å². The topological polar surface area (TPSA) is 180 Å². The maximum Gasteiger partial charge on any atom is 0.406 e. The summed E-state index contributed by atoms with van der Waals surface area (Å²) in [6.45, 7) is 15.5. The SMILES string of the molecule is C=CC(=O)N1CC2(CCN(C(=O)N(C)[C@H](C(=O)N[C@H]3CN4CCO[C@@H](C4)c4ccc5c(c4)c(c(-c4cccnc4[C@H](C)OC)n5CC(F)(F)F)CC(C)(C)COC(=O)[C@@H]4CCCN(N4)C3=O)C(C)C)CC2)O[C@@H]1C. The number of piperidine rings is 1. The molecule has 5 amide bonds. The fourth-order valence-corrected chi connectivity index (χ4v) is 11.4. The number of alkyl halides is 3. The number of methoxy groups -OCH3 is 1. The Labute approximate surface area is 430 Å². The van der Waals surface area contributed by atoms with Gasteiger partial charge in [-0.1, -0.05) is 40.3 Å². The number of hydrazine groups is 1. The van der Waals surface area contributed by atoms with Crippen LogP contribution in [0.1, 0.15) is 96.3 Å². The number of carbonyl (C=O) groups is 5. The first-order valence-electron chi connectivity index (χ1n) is 25.7. The molecule has 5 aliphatic rings. The number of pyridine rings is 1. The van der Waals surface area contributed by atoms with Gasteiger partial charge in [0.05, 0.1) is 49.0 Å². The number of carbonyl (C=O) groups excluding carboxylic acids is 5. The van der Waals surface area contributed by atoms with Gasteiger partial charge in [0, 0.05) is 81.5 Å². The van der Waals surface area contributed by atoms with Gasteiger partial charge >= 0.3 is 18.2 Å². The molecule has 7 atom stereocenters. The molecule has 0 saturated carbocycles. The molecule has 0 radical (unpaired) electrons. The van der Waals surface area contributed by atoms with E-state index in [4.69, 9.17) is 18.9 Å². The molecular formula is C53H72F3N9O9. The van der Waals surface area contributed by atoms with Gasteiger partial charge in [-0.05, 0) is 93.3 Å². The molecular weight excluding hydrogens is 964 g/mol. The minimum atomic E-state index is -4.60. The van der Waals surface area contributed by atoms with Gasteiger partial charge in [-0.25, -0.2) is 10.2 Å². The van der Waals surface area contributed by atoms with E-state index in [1.165, 1.54) is 27.7 Å². The molecule has 1 unspecified atom stereocenters. The zero-order valence-electron chi connectivity index (χ0n) is 43.8. The van der Waals surface area contributed by atoms with Crippen LogP contribution in [0, 0.1) is 11.3 Å². The smallest absolute Gasteiger partial charge is 0.406 e. The molecule has 2 N–H and O–H groups in total. The standard InChI is InChI=1S/C53H72F3N9O9/c1-10-43(66)63-29-52(74-34(63)5)17-21-62(22-18-52)50(70)60(8)45(32(2)3)47(67)58-40-27-61-23-24-72-42(28-61)35-15-16-41-37(25-35)38(26-51(6,7)31-73-49(69)39-14-12-20-65(59-39)48(40)68)46(64(41)30-53(54,55)56)36-13-11-19-57-44(36)33(4)71-9/h10-11,13,15-16,19,25,32-34,39-40,42,45,59H,1,12,14,17-18,20-24,26-31H2,2-9H3,(H,58,67)/t33-,34+,39-,40-,42-,45-/m0/s1. The highest BCUT2D eigenvalue weighted by atomic mass is 19.4. The Kier molecular flexibility index (Phi) is 16.2. The van der Waals surface area contributed by atoms with Crippen LogP contribution in [0.5, 0.6) is 0 Å². The summed E-state index contributed by atoms with van der Waals surface area (Å²) >= 11 is 0. The molecule has 8 rings (SSSR count). The summed E-state index contributed by atoms with van der Waals surface area (Å²) in [6, 6.07) is 5.37. The zero-order chi connectivity index (χ0) is 53.4. The molecule has 7 heterocycles. The van der Waals surface area contributed by atoms with Crippen molar-refractivity contribution >= 4 is 40.6 Å². The molecule has 2 aromatic heterocycles. The minimum Gasteiger partial charge on any atom is -0.464 e. The number of hydrogen-bond acceptors (Lipinski definition) is 12. The Morgan fingerprint density at radius 1 is 1.08 bits per heavy atom. The number of nitrogens with one attached hydrogen (secondary N) is 2. The van der Waals surface area contributed by atoms with Gasteiger partial charge < -0.3 is 43.5 Å². The van der Waals surface area contributed by atoms with E-state index in [9.17, 15) is 37.1 Å². The number of amides is 5. The third kappa shape index (κ3) is 11.6. The Morgan fingerprint density at radius 3 is 2.51 bits per heavy atom. The van der Waals surface area contributed by atoms with Crippen molar-refractivity contribution in [2.75, 3.05) is 73.2 Å². The highest BCUT2D eigenvalue weighted by Gasteiger charge is 2.48. The number of ether oxygens (including phenoxy) is 4. The molecule has 5 aliphatic heterocycles. The lowest BCUT2D eigenvalue weighted by Gasteiger charge is -2.42. The van der Waals surface area contributed by atoms with Gasteiger partial charge in [0.15, 0.2) is 0 Å². The molecule has 74 heavy (non-hydrogen) atoms. The third-order valence-electron chi connectivity index (χ3n) is 15.3. The first kappa shape index (κ1) is 54.6. The van der Waals surface area contributed by atoms with Crippen LogP contribution in [0.15, 0.2) is 49.2 Å². The van der Waals surface area contributed by atoms with Crippen LogP contribution in [-0.2, 0) is 51.1 Å². The molecule has 4 saturated heterocycles. The van der Waals surface area contributed by atoms with Gasteiger partial charge in [0.1, 0.15) is 30.9 Å². The zero-order valence-corrected chi connectivity index (χ0v) is 43.8. The largest absolute Gasteiger partial charge is 0.464 e. The Morgan fingerprint density at radius 2 is 1.82 bits per heavy atom. The van der Waals surface area contributed by atoms with Crippen molar-refractivity contribution in [2.45, 2.75) is 129 Å². The van der Waals surface area contributed by atoms with Gasteiger partial charge in [-0.3, -0.25) is 34.1 Å². The van der Waals surface area contributed by atoms with Gasteiger partial charge in [0.2, 0.25) is 11.8 Å². The summed E-state index contributed by atoms with van der Waals surface area (Å²) < 4.78 is 69.9. The number of esters is 1. The normalized spacial score (nSPS) is 25.4. The molecule has 21 heteroatoms. The van der Waals surface area contributed by atoms with E-state index >= 15 is 0 Å². The quantitative estimate of drug-likeness (QED) is 0.196. The molecule has 4 fully saturated rings. The van der Waals surface area contributed by atoms with Crippen molar-refractivity contribution in [3.05, 3.63) is 66.0 Å². The molecule has 404 valence electrons. The van der Waals surface area contributed by atoms with E-state index < -0.39 is 78.1 Å². The second kappa shape index (κ2) is 21.9. The fourth-order valence-electron chi connectivity index (χ4n) is 11.4. The van der Waals surface area contributed by atoms with Crippen LogP contribution in [0.4, 0.5) is 18.0 Å². The molecule has 18 nitrogen and oxygen atoms in total. The highest BCUT2D eigenvalue weighted by Crippen LogP contribution is 2.43. The number of rotatable bonds is 9. The summed E-state index contributed by atoms with van der Waals surface area (Å²) in [5.74, 6) is -2.21. The predicted molar refractivity (Wildman–Crippen MR) is 268 cm³/mol. The van der Waals surface area contributed by atoms with Gasteiger partial charge in [-0.2, -0.15) is 13.2 Å².